The Hall–Kier alpha value is -2.36. The number of hydrogen-bond acceptors (Lipinski definition) is 1. The predicted octanol–water partition coefficient (Wildman–Crippen LogP) is 4.77. The molecule has 0 aliphatic heterocycles. The fourth-order valence-corrected chi connectivity index (χ4v) is 1.91. The number of urea groups is 1. The maximum atomic E-state index is 13.0. The molecule has 0 aliphatic rings. The second-order valence-corrected chi connectivity index (χ2v) is 5.92. The van der Waals surface area contributed by atoms with Crippen LogP contribution in [0.1, 0.15) is 26.3 Å². The van der Waals surface area contributed by atoms with Gasteiger partial charge in [-0.15, -0.1) is 0 Å². The van der Waals surface area contributed by atoms with E-state index in [1.807, 2.05) is 24.3 Å². The number of anilines is 2. The Labute approximate surface area is 124 Å². The highest BCUT2D eigenvalue weighted by molar-refractivity contribution is 5.99. The molecular weight excluding hydrogens is 267 g/mol. The van der Waals surface area contributed by atoms with Gasteiger partial charge in [0.05, 0.1) is 0 Å². The summed E-state index contributed by atoms with van der Waals surface area (Å²) >= 11 is 0. The zero-order valence-corrected chi connectivity index (χ0v) is 12.4. The first-order valence-electron chi connectivity index (χ1n) is 6.79. The summed E-state index contributed by atoms with van der Waals surface area (Å²) < 4.78 is 13.0. The van der Waals surface area contributed by atoms with E-state index in [1.165, 1.54) is 17.7 Å². The van der Waals surface area contributed by atoms with Gasteiger partial charge in [-0.3, -0.25) is 0 Å². The maximum Gasteiger partial charge on any atom is 0.323 e. The van der Waals surface area contributed by atoms with Gasteiger partial charge in [0, 0.05) is 11.4 Å². The number of halogens is 1. The van der Waals surface area contributed by atoms with Crippen molar-refractivity contribution in [2.45, 2.75) is 26.2 Å². The minimum atomic E-state index is -0.399. The molecule has 0 unspecified atom stereocenters. The van der Waals surface area contributed by atoms with Gasteiger partial charge < -0.3 is 10.6 Å². The summed E-state index contributed by atoms with van der Waals surface area (Å²) in [6.45, 7) is 6.39. The quantitative estimate of drug-likeness (QED) is 0.820. The van der Waals surface area contributed by atoms with Gasteiger partial charge in [-0.05, 0) is 41.3 Å². The van der Waals surface area contributed by atoms with Crippen molar-refractivity contribution >= 4 is 17.4 Å². The molecule has 3 nitrogen and oxygen atoms in total. The van der Waals surface area contributed by atoms with E-state index in [4.69, 9.17) is 0 Å². The van der Waals surface area contributed by atoms with Crippen LogP contribution in [0.5, 0.6) is 0 Å². The average molecular weight is 286 g/mol. The third-order valence-corrected chi connectivity index (χ3v) is 3.09. The van der Waals surface area contributed by atoms with Crippen LogP contribution >= 0.6 is 0 Å². The molecule has 2 rings (SSSR count). The fourth-order valence-electron chi connectivity index (χ4n) is 1.91. The summed E-state index contributed by atoms with van der Waals surface area (Å²) in [5.41, 5.74) is 2.37. The van der Waals surface area contributed by atoms with E-state index in [9.17, 15) is 9.18 Å². The molecule has 0 atom stereocenters. The molecule has 0 aromatic heterocycles. The van der Waals surface area contributed by atoms with Gasteiger partial charge in [0.1, 0.15) is 5.82 Å². The minimum absolute atomic E-state index is 0.0718. The highest BCUT2D eigenvalue weighted by atomic mass is 19.1. The van der Waals surface area contributed by atoms with Crippen LogP contribution in [0.15, 0.2) is 48.5 Å². The number of amides is 2. The normalized spacial score (nSPS) is 11.0. The van der Waals surface area contributed by atoms with Crippen molar-refractivity contribution in [3.63, 3.8) is 0 Å². The van der Waals surface area contributed by atoms with Crippen LogP contribution in [-0.2, 0) is 5.41 Å². The van der Waals surface area contributed by atoms with Crippen molar-refractivity contribution in [3.8, 4) is 0 Å². The second-order valence-electron chi connectivity index (χ2n) is 5.92. The molecular formula is C17H19FN2O. The lowest BCUT2D eigenvalue weighted by Gasteiger charge is -2.19. The monoisotopic (exact) mass is 286 g/mol. The van der Waals surface area contributed by atoms with E-state index >= 15 is 0 Å². The lowest BCUT2D eigenvalue weighted by molar-refractivity contribution is 0.262. The van der Waals surface area contributed by atoms with E-state index < -0.39 is 6.03 Å². The lowest BCUT2D eigenvalue weighted by atomic mass is 9.87. The number of hydrogen-bond donors (Lipinski definition) is 2. The highest BCUT2D eigenvalue weighted by Crippen LogP contribution is 2.23. The van der Waals surface area contributed by atoms with Gasteiger partial charge in [0.2, 0.25) is 0 Å². The molecule has 0 fully saturated rings. The van der Waals surface area contributed by atoms with Crippen molar-refractivity contribution in [3.05, 3.63) is 59.9 Å². The van der Waals surface area contributed by atoms with Crippen molar-refractivity contribution < 1.29 is 9.18 Å². The Morgan fingerprint density at radius 3 is 2.14 bits per heavy atom. The summed E-state index contributed by atoms with van der Waals surface area (Å²) in [6.07, 6.45) is 0. The van der Waals surface area contributed by atoms with Crippen molar-refractivity contribution in [2.75, 3.05) is 10.6 Å². The van der Waals surface area contributed by atoms with Crippen molar-refractivity contribution in [1.29, 1.82) is 0 Å². The van der Waals surface area contributed by atoms with E-state index in [-0.39, 0.29) is 11.2 Å². The molecule has 0 radical (unpaired) electrons. The largest absolute Gasteiger partial charge is 0.323 e. The minimum Gasteiger partial charge on any atom is -0.308 e. The molecule has 0 aliphatic carbocycles. The molecule has 0 saturated heterocycles. The number of rotatable bonds is 2. The van der Waals surface area contributed by atoms with Gasteiger partial charge in [0.15, 0.2) is 0 Å². The van der Waals surface area contributed by atoms with Crippen molar-refractivity contribution in [1.82, 2.24) is 0 Å². The Morgan fingerprint density at radius 1 is 0.952 bits per heavy atom. The summed E-state index contributed by atoms with van der Waals surface area (Å²) in [6, 6.07) is 13.0. The third-order valence-electron chi connectivity index (χ3n) is 3.09. The van der Waals surface area contributed by atoms with Crippen LogP contribution in [0.4, 0.5) is 20.6 Å². The first kappa shape index (κ1) is 15.0. The van der Waals surface area contributed by atoms with Gasteiger partial charge in [-0.1, -0.05) is 39.0 Å². The Morgan fingerprint density at radius 2 is 1.57 bits per heavy atom. The SMILES string of the molecule is CC(C)(C)c1ccc(NC(=O)Nc2cccc(F)c2)cc1. The standard InChI is InChI=1S/C17H19FN2O/c1-17(2,3)12-7-9-14(10-8-12)19-16(21)20-15-6-4-5-13(18)11-15/h4-11H,1-3H3,(H2,19,20,21). The molecule has 21 heavy (non-hydrogen) atoms. The van der Waals surface area contributed by atoms with Crippen LogP contribution in [-0.4, -0.2) is 6.03 Å². The van der Waals surface area contributed by atoms with Crippen LogP contribution in [0.25, 0.3) is 0 Å². The zero-order valence-electron chi connectivity index (χ0n) is 12.4. The Kier molecular flexibility index (Phi) is 4.26. The van der Waals surface area contributed by atoms with Crippen molar-refractivity contribution in [2.24, 2.45) is 0 Å². The summed E-state index contributed by atoms with van der Waals surface area (Å²) in [4.78, 5) is 11.8. The number of nitrogens with one attached hydrogen (secondary N) is 2. The van der Waals surface area contributed by atoms with E-state index in [2.05, 4.69) is 31.4 Å². The topological polar surface area (TPSA) is 41.1 Å². The Bertz CT molecular complexity index is 630. The first-order valence-corrected chi connectivity index (χ1v) is 6.79. The maximum absolute atomic E-state index is 13.0. The summed E-state index contributed by atoms with van der Waals surface area (Å²) in [5.74, 6) is -0.387. The number of carbonyl (C=O) groups is 1. The van der Waals surface area contributed by atoms with Gasteiger partial charge in [0.25, 0.3) is 0 Å². The summed E-state index contributed by atoms with van der Waals surface area (Å²) in [7, 11) is 0. The zero-order chi connectivity index (χ0) is 15.5. The molecule has 2 aromatic rings. The molecule has 2 N–H and O–H groups in total. The molecule has 110 valence electrons. The third kappa shape index (κ3) is 4.31. The molecule has 0 heterocycles. The predicted molar refractivity (Wildman–Crippen MR) is 84.2 cm³/mol. The molecule has 0 bridgehead atoms. The van der Waals surface area contributed by atoms with E-state index in [1.54, 1.807) is 12.1 Å². The van der Waals surface area contributed by atoms with E-state index in [0.717, 1.165) is 0 Å². The Balaban J connectivity index is 2.00. The first-order chi connectivity index (χ1) is 9.84. The van der Waals surface area contributed by atoms with Gasteiger partial charge in [-0.25, -0.2) is 9.18 Å². The van der Waals surface area contributed by atoms with Gasteiger partial charge in [-0.2, -0.15) is 0 Å². The number of benzene rings is 2. The van der Waals surface area contributed by atoms with Crippen LogP contribution in [0.3, 0.4) is 0 Å². The summed E-state index contributed by atoms with van der Waals surface area (Å²) in [5, 5.41) is 5.30. The molecule has 2 amide bonds. The van der Waals surface area contributed by atoms with Crippen LogP contribution in [0, 0.1) is 5.82 Å². The fraction of sp³-hybridized carbons (Fsp3) is 0.235. The molecule has 0 spiro atoms. The second kappa shape index (κ2) is 5.95. The number of carbonyl (C=O) groups excluding carboxylic acids is 1. The molecule has 0 saturated carbocycles. The average Bonchev–Trinajstić information content (AvgIpc) is 2.38. The highest BCUT2D eigenvalue weighted by Gasteiger charge is 2.13. The van der Waals surface area contributed by atoms with Crippen LogP contribution in [0.2, 0.25) is 0 Å². The molecule has 4 heteroatoms. The smallest absolute Gasteiger partial charge is 0.308 e. The van der Waals surface area contributed by atoms with Gasteiger partial charge >= 0.3 is 6.03 Å². The van der Waals surface area contributed by atoms with E-state index in [0.29, 0.717) is 11.4 Å². The van der Waals surface area contributed by atoms with Crippen LogP contribution < -0.4 is 10.6 Å². The molecule has 2 aromatic carbocycles. The lowest BCUT2D eigenvalue weighted by Crippen LogP contribution is -2.19.